The molecule has 1 aromatic carbocycles. The van der Waals surface area contributed by atoms with Crippen molar-refractivity contribution in [2.24, 2.45) is 0 Å². The first kappa shape index (κ1) is 12.8. The van der Waals surface area contributed by atoms with Crippen LogP contribution in [0.3, 0.4) is 0 Å². The molecule has 2 aromatic rings. The van der Waals surface area contributed by atoms with Gasteiger partial charge in [-0.1, -0.05) is 17.3 Å². The van der Waals surface area contributed by atoms with E-state index in [4.69, 9.17) is 4.52 Å². The zero-order valence-corrected chi connectivity index (χ0v) is 10.8. The van der Waals surface area contributed by atoms with Gasteiger partial charge in [0.05, 0.1) is 5.69 Å². The van der Waals surface area contributed by atoms with Gasteiger partial charge in [0.15, 0.2) is 0 Å². The van der Waals surface area contributed by atoms with Crippen LogP contribution in [0.15, 0.2) is 28.8 Å². The summed E-state index contributed by atoms with van der Waals surface area (Å²) in [4.78, 5) is 0. The lowest BCUT2D eigenvalue weighted by molar-refractivity contribution is 0.391. The van der Waals surface area contributed by atoms with Crippen molar-refractivity contribution in [1.82, 2.24) is 10.5 Å². The SMILES string of the molecule is Cc1noc(C)c1CNC(C)c1ccc(F)cc1. The van der Waals surface area contributed by atoms with Crippen LogP contribution in [0, 0.1) is 19.7 Å². The fraction of sp³-hybridized carbons (Fsp3) is 0.357. The molecule has 2 rings (SSSR count). The molecule has 0 saturated heterocycles. The molecule has 1 N–H and O–H groups in total. The average molecular weight is 248 g/mol. The van der Waals surface area contributed by atoms with E-state index in [-0.39, 0.29) is 11.9 Å². The maximum atomic E-state index is 12.8. The van der Waals surface area contributed by atoms with Gasteiger partial charge < -0.3 is 9.84 Å². The Bertz CT molecular complexity index is 500. The van der Waals surface area contributed by atoms with Gasteiger partial charge in [-0.05, 0) is 38.5 Å². The van der Waals surface area contributed by atoms with Gasteiger partial charge in [-0.25, -0.2) is 4.39 Å². The Morgan fingerprint density at radius 2 is 1.94 bits per heavy atom. The molecular formula is C14H17FN2O. The van der Waals surface area contributed by atoms with Crippen LogP contribution in [0.2, 0.25) is 0 Å². The Hall–Kier alpha value is -1.68. The van der Waals surface area contributed by atoms with Crippen LogP contribution in [0.25, 0.3) is 0 Å². The monoisotopic (exact) mass is 248 g/mol. The zero-order valence-electron chi connectivity index (χ0n) is 10.8. The van der Waals surface area contributed by atoms with E-state index >= 15 is 0 Å². The molecule has 3 nitrogen and oxygen atoms in total. The third kappa shape index (κ3) is 2.76. The van der Waals surface area contributed by atoms with E-state index < -0.39 is 0 Å². The van der Waals surface area contributed by atoms with Crippen molar-refractivity contribution in [2.45, 2.75) is 33.4 Å². The van der Waals surface area contributed by atoms with Gasteiger partial charge in [-0.3, -0.25) is 0 Å². The Balaban J connectivity index is 2.00. The summed E-state index contributed by atoms with van der Waals surface area (Å²) in [6.45, 7) is 6.57. The van der Waals surface area contributed by atoms with Crippen LogP contribution < -0.4 is 5.32 Å². The van der Waals surface area contributed by atoms with E-state index in [0.29, 0.717) is 6.54 Å². The molecule has 1 atom stereocenters. The average Bonchev–Trinajstić information content (AvgIpc) is 2.67. The van der Waals surface area contributed by atoms with E-state index in [2.05, 4.69) is 10.5 Å². The highest BCUT2D eigenvalue weighted by atomic mass is 19.1. The normalized spacial score (nSPS) is 12.7. The van der Waals surface area contributed by atoms with Crippen molar-refractivity contribution < 1.29 is 8.91 Å². The van der Waals surface area contributed by atoms with Crippen LogP contribution in [0.4, 0.5) is 4.39 Å². The summed E-state index contributed by atoms with van der Waals surface area (Å²) in [5, 5.41) is 7.29. The van der Waals surface area contributed by atoms with Crippen LogP contribution in [0.5, 0.6) is 0 Å². The highest BCUT2D eigenvalue weighted by Gasteiger charge is 2.11. The van der Waals surface area contributed by atoms with Gasteiger partial charge in [-0.2, -0.15) is 0 Å². The van der Waals surface area contributed by atoms with E-state index in [1.165, 1.54) is 12.1 Å². The Morgan fingerprint density at radius 3 is 2.50 bits per heavy atom. The molecule has 0 fully saturated rings. The minimum Gasteiger partial charge on any atom is -0.361 e. The van der Waals surface area contributed by atoms with Gasteiger partial charge in [0.25, 0.3) is 0 Å². The second-order valence-corrected chi connectivity index (χ2v) is 4.46. The molecule has 0 bridgehead atoms. The number of hydrogen-bond donors (Lipinski definition) is 1. The Labute approximate surface area is 106 Å². The number of nitrogens with one attached hydrogen (secondary N) is 1. The van der Waals surface area contributed by atoms with Crippen molar-refractivity contribution >= 4 is 0 Å². The Kier molecular flexibility index (Phi) is 3.77. The third-order valence-electron chi connectivity index (χ3n) is 3.14. The number of rotatable bonds is 4. The van der Waals surface area contributed by atoms with Crippen molar-refractivity contribution in [3.05, 3.63) is 52.7 Å². The molecular weight excluding hydrogens is 231 g/mol. The van der Waals surface area contributed by atoms with Crippen molar-refractivity contribution in [2.75, 3.05) is 0 Å². The van der Waals surface area contributed by atoms with E-state index in [0.717, 1.165) is 22.6 Å². The van der Waals surface area contributed by atoms with Gasteiger partial charge in [0, 0.05) is 18.2 Å². The molecule has 0 radical (unpaired) electrons. The van der Waals surface area contributed by atoms with Crippen molar-refractivity contribution in [1.29, 1.82) is 0 Å². The van der Waals surface area contributed by atoms with Gasteiger partial charge in [0.1, 0.15) is 11.6 Å². The lowest BCUT2D eigenvalue weighted by atomic mass is 10.1. The largest absolute Gasteiger partial charge is 0.361 e. The molecule has 96 valence electrons. The fourth-order valence-corrected chi connectivity index (χ4v) is 1.88. The minimum absolute atomic E-state index is 0.152. The number of nitrogens with zero attached hydrogens (tertiary/aromatic N) is 1. The number of benzene rings is 1. The number of halogens is 1. The van der Waals surface area contributed by atoms with Gasteiger partial charge in [0.2, 0.25) is 0 Å². The van der Waals surface area contributed by atoms with Crippen LogP contribution in [0.1, 0.15) is 35.5 Å². The standard InChI is InChI=1S/C14H17FN2O/c1-9(12-4-6-13(15)7-5-12)16-8-14-10(2)17-18-11(14)3/h4-7,9,16H,8H2,1-3H3. The second kappa shape index (κ2) is 5.31. The summed E-state index contributed by atoms with van der Waals surface area (Å²) < 4.78 is 17.9. The van der Waals surface area contributed by atoms with Gasteiger partial charge >= 0.3 is 0 Å². The highest BCUT2D eigenvalue weighted by molar-refractivity contribution is 5.22. The summed E-state index contributed by atoms with van der Waals surface area (Å²) in [5.41, 5.74) is 3.05. The fourth-order valence-electron chi connectivity index (χ4n) is 1.88. The van der Waals surface area contributed by atoms with E-state index in [1.807, 2.05) is 20.8 Å². The number of aryl methyl sites for hydroxylation is 2. The van der Waals surface area contributed by atoms with Crippen LogP contribution in [-0.4, -0.2) is 5.16 Å². The summed E-state index contributed by atoms with van der Waals surface area (Å²) in [6.07, 6.45) is 0. The quantitative estimate of drug-likeness (QED) is 0.902. The molecule has 0 aliphatic heterocycles. The molecule has 1 aromatic heterocycles. The second-order valence-electron chi connectivity index (χ2n) is 4.46. The first-order valence-corrected chi connectivity index (χ1v) is 5.98. The first-order valence-electron chi connectivity index (χ1n) is 5.98. The van der Waals surface area contributed by atoms with Crippen LogP contribution >= 0.6 is 0 Å². The number of aromatic nitrogens is 1. The van der Waals surface area contributed by atoms with E-state index in [9.17, 15) is 4.39 Å². The minimum atomic E-state index is -0.211. The molecule has 0 aliphatic carbocycles. The third-order valence-corrected chi connectivity index (χ3v) is 3.14. The smallest absolute Gasteiger partial charge is 0.138 e. The molecule has 0 amide bonds. The summed E-state index contributed by atoms with van der Waals surface area (Å²) >= 11 is 0. The highest BCUT2D eigenvalue weighted by Crippen LogP contribution is 2.16. The predicted octanol–water partition coefficient (Wildman–Crippen LogP) is 3.28. The summed E-state index contributed by atoms with van der Waals surface area (Å²) in [6, 6.07) is 6.69. The number of hydrogen-bond acceptors (Lipinski definition) is 3. The zero-order chi connectivity index (χ0) is 13.1. The summed E-state index contributed by atoms with van der Waals surface area (Å²) in [5.74, 6) is 0.628. The van der Waals surface area contributed by atoms with Gasteiger partial charge in [-0.15, -0.1) is 0 Å². The Morgan fingerprint density at radius 1 is 1.28 bits per heavy atom. The maximum absolute atomic E-state index is 12.8. The van der Waals surface area contributed by atoms with Crippen molar-refractivity contribution in [3.63, 3.8) is 0 Å². The van der Waals surface area contributed by atoms with Crippen LogP contribution in [-0.2, 0) is 6.54 Å². The molecule has 1 unspecified atom stereocenters. The molecule has 0 spiro atoms. The molecule has 0 saturated carbocycles. The van der Waals surface area contributed by atoms with E-state index in [1.54, 1.807) is 12.1 Å². The maximum Gasteiger partial charge on any atom is 0.138 e. The molecule has 1 heterocycles. The molecule has 0 aliphatic rings. The molecule has 4 heteroatoms. The lowest BCUT2D eigenvalue weighted by Gasteiger charge is -2.14. The lowest BCUT2D eigenvalue weighted by Crippen LogP contribution is -2.18. The molecule has 18 heavy (non-hydrogen) atoms. The van der Waals surface area contributed by atoms with Crippen molar-refractivity contribution in [3.8, 4) is 0 Å². The topological polar surface area (TPSA) is 38.1 Å². The first-order chi connectivity index (χ1) is 8.58. The predicted molar refractivity (Wildman–Crippen MR) is 67.6 cm³/mol. The summed E-state index contributed by atoms with van der Waals surface area (Å²) in [7, 11) is 0.